The summed E-state index contributed by atoms with van der Waals surface area (Å²) in [6.45, 7) is 5.14. The highest BCUT2D eigenvalue weighted by Crippen LogP contribution is 2.26. The summed E-state index contributed by atoms with van der Waals surface area (Å²) in [6, 6.07) is 18.8. The number of piperazine rings is 1. The third kappa shape index (κ3) is 5.48. The Kier molecular flexibility index (Phi) is 7.65. The van der Waals surface area contributed by atoms with Gasteiger partial charge in [0.15, 0.2) is 5.11 Å². The standard InChI is InChI=1S/C26H27ClN4O2S/c1-2-5-24(32)31-16-14-30(15-17-31)19-12-10-18(11-13-19)28-26(34)29-25(33)22-8-3-7-21-20(22)6-4-9-23(21)27/h3-4,6-13H,2,5,14-17H2,1H3,(H2,28,29,33,34). The van der Waals surface area contributed by atoms with Gasteiger partial charge in [0.1, 0.15) is 0 Å². The lowest BCUT2D eigenvalue weighted by molar-refractivity contribution is -0.131. The summed E-state index contributed by atoms with van der Waals surface area (Å²) in [5, 5.41) is 8.24. The molecule has 176 valence electrons. The molecule has 2 amide bonds. The van der Waals surface area contributed by atoms with Crippen LogP contribution in [0.1, 0.15) is 30.1 Å². The number of hydrogen-bond acceptors (Lipinski definition) is 4. The molecule has 1 fully saturated rings. The molecule has 1 heterocycles. The number of rotatable bonds is 5. The van der Waals surface area contributed by atoms with Gasteiger partial charge in [0.05, 0.1) is 0 Å². The quantitative estimate of drug-likeness (QED) is 0.485. The first-order valence-electron chi connectivity index (χ1n) is 11.4. The third-order valence-electron chi connectivity index (χ3n) is 5.93. The van der Waals surface area contributed by atoms with Crippen molar-refractivity contribution in [3.63, 3.8) is 0 Å². The first-order chi connectivity index (χ1) is 16.5. The van der Waals surface area contributed by atoms with Gasteiger partial charge in [-0.25, -0.2) is 0 Å². The second-order valence-electron chi connectivity index (χ2n) is 8.21. The lowest BCUT2D eigenvalue weighted by Crippen LogP contribution is -2.48. The minimum absolute atomic E-state index is 0.222. The predicted octanol–water partition coefficient (Wildman–Crippen LogP) is 5.07. The van der Waals surface area contributed by atoms with Gasteiger partial charge in [-0.05, 0) is 60.4 Å². The summed E-state index contributed by atoms with van der Waals surface area (Å²) in [6.07, 6.45) is 1.50. The van der Waals surface area contributed by atoms with Gasteiger partial charge in [-0.2, -0.15) is 0 Å². The molecule has 4 rings (SSSR count). The molecular formula is C26H27ClN4O2S. The number of amides is 2. The number of carbonyl (C=O) groups excluding carboxylic acids is 2. The van der Waals surface area contributed by atoms with Crippen LogP contribution in [0.5, 0.6) is 0 Å². The summed E-state index contributed by atoms with van der Waals surface area (Å²) in [7, 11) is 0. The van der Waals surface area contributed by atoms with Gasteiger partial charge in [0.2, 0.25) is 5.91 Å². The maximum Gasteiger partial charge on any atom is 0.258 e. The molecule has 2 N–H and O–H groups in total. The number of nitrogens with zero attached hydrogens (tertiary/aromatic N) is 2. The largest absolute Gasteiger partial charge is 0.368 e. The zero-order chi connectivity index (χ0) is 24.1. The molecule has 0 saturated carbocycles. The van der Waals surface area contributed by atoms with Crippen molar-refractivity contribution in [3.8, 4) is 0 Å². The van der Waals surface area contributed by atoms with Gasteiger partial charge < -0.3 is 15.1 Å². The monoisotopic (exact) mass is 494 g/mol. The van der Waals surface area contributed by atoms with Crippen LogP contribution in [0.25, 0.3) is 10.8 Å². The second-order valence-corrected chi connectivity index (χ2v) is 9.03. The molecule has 0 unspecified atom stereocenters. The number of anilines is 2. The molecule has 1 saturated heterocycles. The van der Waals surface area contributed by atoms with Crippen molar-refractivity contribution < 1.29 is 9.59 Å². The minimum Gasteiger partial charge on any atom is -0.368 e. The molecule has 0 atom stereocenters. The Balaban J connectivity index is 1.34. The van der Waals surface area contributed by atoms with Crippen molar-refractivity contribution >= 4 is 62.9 Å². The minimum atomic E-state index is -0.294. The molecule has 8 heteroatoms. The van der Waals surface area contributed by atoms with Crippen LogP contribution in [0, 0.1) is 0 Å². The molecule has 0 aromatic heterocycles. The zero-order valence-electron chi connectivity index (χ0n) is 19.0. The van der Waals surface area contributed by atoms with Crippen molar-refractivity contribution in [2.45, 2.75) is 19.8 Å². The summed E-state index contributed by atoms with van der Waals surface area (Å²) in [5.41, 5.74) is 2.39. The predicted molar refractivity (Wildman–Crippen MR) is 143 cm³/mol. The average molecular weight is 495 g/mol. The second kappa shape index (κ2) is 10.8. The fourth-order valence-electron chi connectivity index (χ4n) is 4.14. The van der Waals surface area contributed by atoms with Gasteiger partial charge >= 0.3 is 0 Å². The molecule has 1 aliphatic rings. The molecule has 6 nitrogen and oxygen atoms in total. The number of benzene rings is 3. The van der Waals surface area contributed by atoms with E-state index in [9.17, 15) is 9.59 Å². The number of carbonyl (C=O) groups is 2. The van der Waals surface area contributed by atoms with Crippen LogP contribution >= 0.6 is 23.8 Å². The molecule has 0 radical (unpaired) electrons. The highest BCUT2D eigenvalue weighted by atomic mass is 35.5. The van der Waals surface area contributed by atoms with Gasteiger partial charge in [-0.1, -0.05) is 42.8 Å². The summed E-state index contributed by atoms with van der Waals surface area (Å²) in [4.78, 5) is 29.1. The van der Waals surface area contributed by atoms with E-state index in [2.05, 4.69) is 15.5 Å². The number of fused-ring (bicyclic) bond motifs is 1. The topological polar surface area (TPSA) is 64.7 Å². The first-order valence-corrected chi connectivity index (χ1v) is 12.2. The van der Waals surface area contributed by atoms with E-state index in [1.54, 1.807) is 18.2 Å². The van der Waals surface area contributed by atoms with Crippen LogP contribution in [0.2, 0.25) is 5.02 Å². The van der Waals surface area contributed by atoms with Crippen LogP contribution in [0.4, 0.5) is 11.4 Å². The van der Waals surface area contributed by atoms with E-state index in [-0.39, 0.29) is 16.9 Å². The number of thiocarbonyl (C=S) groups is 1. The lowest BCUT2D eigenvalue weighted by atomic mass is 10.0. The SMILES string of the molecule is CCCC(=O)N1CCN(c2ccc(NC(=S)NC(=O)c3cccc4c(Cl)cccc34)cc2)CC1. The van der Waals surface area contributed by atoms with E-state index in [4.69, 9.17) is 23.8 Å². The normalized spacial score (nSPS) is 13.6. The van der Waals surface area contributed by atoms with Gasteiger partial charge in [-0.3, -0.25) is 14.9 Å². The number of halogens is 1. The Labute approximate surface area is 209 Å². The molecular weight excluding hydrogens is 468 g/mol. The number of nitrogens with one attached hydrogen (secondary N) is 2. The Morgan fingerprint density at radius 1 is 0.941 bits per heavy atom. The van der Waals surface area contributed by atoms with E-state index in [0.29, 0.717) is 17.0 Å². The van der Waals surface area contributed by atoms with Crippen LogP contribution in [0.15, 0.2) is 60.7 Å². The fourth-order valence-corrected chi connectivity index (χ4v) is 4.59. The van der Waals surface area contributed by atoms with E-state index in [0.717, 1.165) is 54.7 Å². The lowest BCUT2D eigenvalue weighted by Gasteiger charge is -2.36. The Hall–Kier alpha value is -3.16. The van der Waals surface area contributed by atoms with Crippen LogP contribution in [-0.2, 0) is 4.79 Å². The first kappa shape index (κ1) is 24.0. The molecule has 3 aromatic carbocycles. The van der Waals surface area contributed by atoms with Gasteiger partial charge in [-0.15, -0.1) is 0 Å². The molecule has 0 aliphatic carbocycles. The fraction of sp³-hybridized carbons (Fsp3) is 0.269. The highest BCUT2D eigenvalue weighted by Gasteiger charge is 2.20. The molecule has 34 heavy (non-hydrogen) atoms. The van der Waals surface area contributed by atoms with Crippen molar-refractivity contribution in [2.24, 2.45) is 0 Å². The smallest absolute Gasteiger partial charge is 0.258 e. The Bertz CT molecular complexity index is 1210. The maximum absolute atomic E-state index is 12.8. The Morgan fingerprint density at radius 2 is 1.62 bits per heavy atom. The van der Waals surface area contributed by atoms with Crippen LogP contribution < -0.4 is 15.5 Å². The number of hydrogen-bond donors (Lipinski definition) is 2. The third-order valence-corrected chi connectivity index (χ3v) is 6.46. The summed E-state index contributed by atoms with van der Waals surface area (Å²) < 4.78 is 0. The zero-order valence-corrected chi connectivity index (χ0v) is 20.6. The Morgan fingerprint density at radius 3 is 2.32 bits per heavy atom. The average Bonchev–Trinajstić information content (AvgIpc) is 2.84. The van der Waals surface area contributed by atoms with Gasteiger partial charge in [0, 0.05) is 59.9 Å². The van der Waals surface area contributed by atoms with Gasteiger partial charge in [0.25, 0.3) is 5.91 Å². The molecule has 3 aromatic rings. The van der Waals surface area contributed by atoms with E-state index in [1.165, 1.54) is 0 Å². The highest BCUT2D eigenvalue weighted by molar-refractivity contribution is 7.80. The van der Waals surface area contributed by atoms with E-state index < -0.39 is 0 Å². The van der Waals surface area contributed by atoms with Crippen LogP contribution in [-0.4, -0.2) is 48.0 Å². The molecule has 0 spiro atoms. The van der Waals surface area contributed by atoms with Crippen molar-refractivity contribution in [1.29, 1.82) is 0 Å². The summed E-state index contributed by atoms with van der Waals surface area (Å²) >= 11 is 11.6. The summed E-state index contributed by atoms with van der Waals surface area (Å²) in [5.74, 6) is -0.0543. The molecule has 0 bridgehead atoms. The van der Waals surface area contributed by atoms with Crippen molar-refractivity contribution in [3.05, 3.63) is 71.2 Å². The van der Waals surface area contributed by atoms with Crippen LogP contribution in [0.3, 0.4) is 0 Å². The van der Waals surface area contributed by atoms with E-state index >= 15 is 0 Å². The molecule has 1 aliphatic heterocycles. The maximum atomic E-state index is 12.8. The van der Waals surface area contributed by atoms with E-state index in [1.807, 2.05) is 54.3 Å². The van der Waals surface area contributed by atoms with Crippen molar-refractivity contribution in [2.75, 3.05) is 36.4 Å². The van der Waals surface area contributed by atoms with Crippen molar-refractivity contribution in [1.82, 2.24) is 10.2 Å².